The number of halogens is 2. The van der Waals surface area contributed by atoms with Crippen molar-refractivity contribution in [2.75, 3.05) is 29.6 Å². The van der Waals surface area contributed by atoms with Crippen LogP contribution < -0.4 is 15.5 Å². The van der Waals surface area contributed by atoms with E-state index in [0.29, 0.717) is 11.6 Å². The first-order valence-electron chi connectivity index (χ1n) is 7.50. The molecule has 26 heavy (non-hydrogen) atoms. The van der Waals surface area contributed by atoms with E-state index in [0.717, 1.165) is 23.9 Å². The Bertz CT molecular complexity index is 925. The first-order chi connectivity index (χ1) is 12.4. The summed E-state index contributed by atoms with van der Waals surface area (Å²) in [4.78, 5) is 22.1. The standard InChI is InChI=1S/C16H15F2N7O/c1-24(2)12-7-19-15(20-8-12)25-9-11(6-21-25)22-16(26)23-14-5-10(17)3-4-13(14)18/h3-9H,1-2H3,(H2,22,23,26). The van der Waals surface area contributed by atoms with E-state index < -0.39 is 17.7 Å². The maximum Gasteiger partial charge on any atom is 0.323 e. The molecule has 0 unspecified atom stereocenters. The monoisotopic (exact) mass is 359 g/mol. The number of rotatable bonds is 4. The van der Waals surface area contributed by atoms with Gasteiger partial charge in [0.1, 0.15) is 11.6 Å². The van der Waals surface area contributed by atoms with Crippen molar-refractivity contribution >= 4 is 23.1 Å². The van der Waals surface area contributed by atoms with Crippen molar-refractivity contribution in [1.82, 2.24) is 19.7 Å². The Kier molecular flexibility index (Phi) is 4.74. The Morgan fingerprint density at radius 2 is 1.85 bits per heavy atom. The fourth-order valence-electron chi connectivity index (χ4n) is 2.04. The Morgan fingerprint density at radius 3 is 2.54 bits per heavy atom. The van der Waals surface area contributed by atoms with Gasteiger partial charge < -0.3 is 15.5 Å². The number of aromatic nitrogens is 4. The van der Waals surface area contributed by atoms with Gasteiger partial charge in [0.2, 0.25) is 0 Å². The number of urea groups is 1. The fourth-order valence-corrected chi connectivity index (χ4v) is 2.04. The lowest BCUT2D eigenvalue weighted by Crippen LogP contribution is -2.20. The summed E-state index contributed by atoms with van der Waals surface area (Å²) in [6.45, 7) is 0. The summed E-state index contributed by atoms with van der Waals surface area (Å²) in [5.41, 5.74) is 0.896. The van der Waals surface area contributed by atoms with Crippen LogP contribution in [0.3, 0.4) is 0 Å². The quantitative estimate of drug-likeness (QED) is 0.748. The molecule has 2 amide bonds. The summed E-state index contributed by atoms with van der Waals surface area (Å²) in [5.74, 6) is -1.08. The Hall–Kier alpha value is -3.56. The lowest BCUT2D eigenvalue weighted by atomic mass is 10.3. The third kappa shape index (κ3) is 3.91. The van der Waals surface area contributed by atoms with Crippen LogP contribution in [0.25, 0.3) is 5.95 Å². The summed E-state index contributed by atoms with van der Waals surface area (Å²) in [6, 6.07) is 2.04. The number of benzene rings is 1. The molecule has 0 atom stereocenters. The van der Waals surface area contributed by atoms with E-state index in [1.807, 2.05) is 19.0 Å². The molecule has 0 aliphatic carbocycles. The number of hydrogen-bond donors (Lipinski definition) is 2. The number of carbonyl (C=O) groups is 1. The van der Waals surface area contributed by atoms with Crippen LogP contribution in [0.1, 0.15) is 0 Å². The molecule has 3 aromatic rings. The summed E-state index contributed by atoms with van der Waals surface area (Å²) >= 11 is 0. The number of carbonyl (C=O) groups excluding carboxylic acids is 1. The predicted octanol–water partition coefficient (Wildman–Crippen LogP) is 2.65. The second-order valence-corrected chi connectivity index (χ2v) is 5.51. The third-order valence-corrected chi connectivity index (χ3v) is 3.36. The average Bonchev–Trinajstić information content (AvgIpc) is 3.06. The van der Waals surface area contributed by atoms with E-state index in [9.17, 15) is 13.6 Å². The van der Waals surface area contributed by atoms with Crippen LogP contribution in [0.5, 0.6) is 0 Å². The normalized spacial score (nSPS) is 10.5. The molecular weight excluding hydrogens is 344 g/mol. The lowest BCUT2D eigenvalue weighted by molar-refractivity contribution is 0.262. The van der Waals surface area contributed by atoms with Crippen molar-refractivity contribution in [2.24, 2.45) is 0 Å². The molecule has 0 aliphatic rings. The molecule has 3 rings (SSSR count). The van der Waals surface area contributed by atoms with E-state index in [-0.39, 0.29) is 5.69 Å². The zero-order valence-corrected chi connectivity index (χ0v) is 13.9. The Morgan fingerprint density at radius 1 is 1.12 bits per heavy atom. The second kappa shape index (κ2) is 7.13. The van der Waals surface area contributed by atoms with Gasteiger partial charge in [-0.25, -0.2) is 28.2 Å². The molecule has 2 aromatic heterocycles. The first-order valence-corrected chi connectivity index (χ1v) is 7.50. The summed E-state index contributed by atoms with van der Waals surface area (Å²) in [6.07, 6.45) is 6.14. The highest BCUT2D eigenvalue weighted by atomic mass is 19.1. The van der Waals surface area contributed by atoms with Crippen molar-refractivity contribution in [3.05, 3.63) is 54.6 Å². The molecule has 0 fully saturated rings. The van der Waals surface area contributed by atoms with Crippen molar-refractivity contribution in [1.29, 1.82) is 0 Å². The van der Waals surface area contributed by atoms with Crippen molar-refractivity contribution in [3.8, 4) is 5.95 Å². The summed E-state index contributed by atoms with van der Waals surface area (Å²) in [5, 5.41) is 8.75. The molecule has 2 N–H and O–H groups in total. The summed E-state index contributed by atoms with van der Waals surface area (Å²) < 4.78 is 28.0. The lowest BCUT2D eigenvalue weighted by Gasteiger charge is -2.10. The summed E-state index contributed by atoms with van der Waals surface area (Å²) in [7, 11) is 3.74. The van der Waals surface area contributed by atoms with Gasteiger partial charge in [-0.1, -0.05) is 0 Å². The molecule has 134 valence electrons. The average molecular weight is 359 g/mol. The van der Waals surface area contributed by atoms with Crippen LogP contribution in [-0.4, -0.2) is 39.9 Å². The minimum atomic E-state index is -0.744. The molecule has 0 spiro atoms. The second-order valence-electron chi connectivity index (χ2n) is 5.51. The molecule has 0 saturated heterocycles. The molecule has 0 bridgehead atoms. The van der Waals surface area contributed by atoms with Gasteiger partial charge in [-0.05, 0) is 12.1 Å². The van der Waals surface area contributed by atoms with Gasteiger partial charge in [-0.3, -0.25) is 0 Å². The van der Waals surface area contributed by atoms with Gasteiger partial charge >= 0.3 is 6.03 Å². The van der Waals surface area contributed by atoms with Crippen LogP contribution in [-0.2, 0) is 0 Å². The maximum absolute atomic E-state index is 13.5. The molecule has 0 radical (unpaired) electrons. The van der Waals surface area contributed by atoms with Crippen molar-refractivity contribution < 1.29 is 13.6 Å². The highest BCUT2D eigenvalue weighted by Gasteiger charge is 2.10. The largest absolute Gasteiger partial charge is 0.375 e. The number of hydrogen-bond acceptors (Lipinski definition) is 5. The molecule has 2 heterocycles. The van der Waals surface area contributed by atoms with Gasteiger partial charge in [0, 0.05) is 20.2 Å². The highest BCUT2D eigenvalue weighted by Crippen LogP contribution is 2.16. The van der Waals surface area contributed by atoms with Crippen LogP contribution in [0.15, 0.2) is 43.0 Å². The molecule has 1 aromatic carbocycles. The van der Waals surface area contributed by atoms with Crippen LogP contribution >= 0.6 is 0 Å². The molecule has 8 nitrogen and oxygen atoms in total. The number of nitrogens with zero attached hydrogens (tertiary/aromatic N) is 5. The molecule has 0 aliphatic heterocycles. The van der Waals surface area contributed by atoms with Crippen LogP contribution in [0.4, 0.5) is 30.6 Å². The van der Waals surface area contributed by atoms with E-state index in [1.54, 1.807) is 12.4 Å². The first kappa shape index (κ1) is 17.3. The van der Waals surface area contributed by atoms with Crippen molar-refractivity contribution in [2.45, 2.75) is 0 Å². The zero-order valence-electron chi connectivity index (χ0n) is 13.9. The molecule has 0 saturated carbocycles. The van der Waals surface area contributed by atoms with E-state index >= 15 is 0 Å². The zero-order chi connectivity index (χ0) is 18.7. The van der Waals surface area contributed by atoms with Gasteiger partial charge in [-0.15, -0.1) is 0 Å². The van der Waals surface area contributed by atoms with E-state index in [1.165, 1.54) is 17.1 Å². The fraction of sp³-hybridized carbons (Fsp3) is 0.125. The number of anilines is 3. The third-order valence-electron chi connectivity index (χ3n) is 3.36. The van der Waals surface area contributed by atoms with Crippen LogP contribution in [0, 0.1) is 11.6 Å². The highest BCUT2D eigenvalue weighted by molar-refractivity contribution is 5.99. The minimum Gasteiger partial charge on any atom is -0.375 e. The van der Waals surface area contributed by atoms with Crippen LogP contribution in [0.2, 0.25) is 0 Å². The topological polar surface area (TPSA) is 88.0 Å². The maximum atomic E-state index is 13.5. The Balaban J connectivity index is 1.68. The van der Waals surface area contributed by atoms with Gasteiger partial charge in [0.15, 0.2) is 0 Å². The molecular formula is C16H15F2N7O. The minimum absolute atomic E-state index is 0.266. The molecule has 10 heteroatoms. The number of nitrogens with one attached hydrogen (secondary N) is 2. The predicted molar refractivity (Wildman–Crippen MR) is 92.5 cm³/mol. The van der Waals surface area contributed by atoms with Crippen molar-refractivity contribution in [3.63, 3.8) is 0 Å². The van der Waals surface area contributed by atoms with Gasteiger partial charge in [-0.2, -0.15) is 5.10 Å². The van der Waals surface area contributed by atoms with E-state index in [2.05, 4.69) is 25.7 Å². The SMILES string of the molecule is CN(C)c1cnc(-n2cc(NC(=O)Nc3cc(F)ccc3F)cn2)nc1. The van der Waals surface area contributed by atoms with Gasteiger partial charge in [0.05, 0.1) is 41.8 Å². The van der Waals surface area contributed by atoms with Gasteiger partial charge in [0.25, 0.3) is 5.95 Å². The number of amides is 2. The van der Waals surface area contributed by atoms with E-state index in [4.69, 9.17) is 0 Å². The Labute approximate surface area is 147 Å². The smallest absolute Gasteiger partial charge is 0.323 e.